The molecule has 0 spiro atoms. The molecule has 0 aliphatic heterocycles. The van der Waals surface area contributed by atoms with Gasteiger partial charge >= 0.3 is 0 Å². The molecule has 0 heterocycles. The zero-order valence-electron chi connectivity index (χ0n) is 4.27. The van der Waals surface area contributed by atoms with E-state index in [9.17, 15) is 0 Å². The Hall–Kier alpha value is -0.260. The Morgan fingerprint density at radius 1 is 1.71 bits per heavy atom. The molecule has 0 fully saturated rings. The van der Waals surface area contributed by atoms with E-state index in [0.29, 0.717) is 6.42 Å². The summed E-state index contributed by atoms with van der Waals surface area (Å²) in [6, 6.07) is 2.01. The van der Waals surface area contributed by atoms with Gasteiger partial charge in [0.1, 0.15) is 0 Å². The third-order valence-electron chi connectivity index (χ3n) is 0.487. The van der Waals surface area contributed by atoms with Crippen LogP contribution in [-0.2, 0) is 0 Å². The Bertz CT molecular complexity index is 57.2. The van der Waals surface area contributed by atoms with Gasteiger partial charge in [-0.15, -0.1) is 12.4 Å². The van der Waals surface area contributed by atoms with Crippen molar-refractivity contribution in [2.24, 2.45) is 0 Å². The van der Waals surface area contributed by atoms with Crippen molar-refractivity contribution in [3.8, 4) is 6.07 Å². The lowest BCUT2D eigenvalue weighted by Crippen LogP contribution is -2.05. The van der Waals surface area contributed by atoms with Gasteiger partial charge in [0.2, 0.25) is 0 Å². The predicted octanol–water partition coefficient (Wildman–Crippen LogP) is 0.541. The van der Waals surface area contributed by atoms with Crippen LogP contribution in [0.1, 0.15) is 6.42 Å². The van der Waals surface area contributed by atoms with Crippen molar-refractivity contribution in [2.45, 2.75) is 6.42 Å². The van der Waals surface area contributed by atoms with Gasteiger partial charge in [0, 0.05) is 13.0 Å². The minimum atomic E-state index is 0. The first-order valence-electron chi connectivity index (χ1n) is 1.93. The molecule has 0 aromatic rings. The fraction of sp³-hybridized carbons (Fsp3) is 0.750. The van der Waals surface area contributed by atoms with Crippen LogP contribution in [0.2, 0.25) is 0 Å². The Balaban J connectivity index is 0. The number of hydrogen-bond donors (Lipinski definition) is 1. The molecule has 0 aromatic carbocycles. The van der Waals surface area contributed by atoms with E-state index in [4.69, 9.17) is 5.26 Å². The monoisotopic (exact) mass is 120 g/mol. The summed E-state index contributed by atoms with van der Waals surface area (Å²) in [4.78, 5) is 0. The molecule has 1 N–H and O–H groups in total. The summed E-state index contributed by atoms with van der Waals surface area (Å²) >= 11 is 0. The molecule has 0 radical (unpaired) electrons. The average molecular weight is 121 g/mol. The smallest absolute Gasteiger partial charge is 0.0635 e. The van der Waals surface area contributed by atoms with Gasteiger partial charge in [-0.1, -0.05) is 0 Å². The lowest BCUT2D eigenvalue weighted by Gasteiger charge is -1.82. The lowest BCUT2D eigenvalue weighted by molar-refractivity contribution is 0.813. The minimum absolute atomic E-state index is 0. The number of nitrogens with zero attached hydrogens (tertiary/aromatic N) is 1. The molecule has 0 saturated heterocycles. The van der Waals surface area contributed by atoms with Gasteiger partial charge in [0.15, 0.2) is 0 Å². The number of hydrogen-bond acceptors (Lipinski definition) is 2. The molecule has 0 aromatic heterocycles. The van der Waals surface area contributed by atoms with Crippen molar-refractivity contribution in [3.05, 3.63) is 0 Å². The number of rotatable bonds is 2. The number of nitrogens with one attached hydrogen (secondary N) is 1. The van der Waals surface area contributed by atoms with E-state index in [-0.39, 0.29) is 12.4 Å². The molecule has 2 nitrogen and oxygen atoms in total. The van der Waals surface area contributed by atoms with Crippen LogP contribution in [-0.4, -0.2) is 13.6 Å². The van der Waals surface area contributed by atoms with Gasteiger partial charge in [0.05, 0.1) is 6.07 Å². The van der Waals surface area contributed by atoms with Crippen molar-refractivity contribution in [3.63, 3.8) is 0 Å². The molecule has 0 rings (SSSR count). The second-order valence-corrected chi connectivity index (χ2v) is 1.01. The van der Waals surface area contributed by atoms with Gasteiger partial charge in [-0.3, -0.25) is 0 Å². The molecule has 0 saturated carbocycles. The van der Waals surface area contributed by atoms with E-state index in [1.807, 2.05) is 13.1 Å². The van der Waals surface area contributed by atoms with E-state index < -0.39 is 0 Å². The van der Waals surface area contributed by atoms with Crippen LogP contribution in [0.5, 0.6) is 0 Å². The van der Waals surface area contributed by atoms with Crippen LogP contribution in [0, 0.1) is 11.3 Å². The van der Waals surface area contributed by atoms with Crippen LogP contribution in [0.15, 0.2) is 0 Å². The normalized spacial score (nSPS) is 6.29. The summed E-state index contributed by atoms with van der Waals surface area (Å²) < 4.78 is 0. The highest BCUT2D eigenvalue weighted by molar-refractivity contribution is 5.85. The van der Waals surface area contributed by atoms with Crippen LogP contribution < -0.4 is 5.32 Å². The molecule has 0 aliphatic carbocycles. The number of nitriles is 1. The van der Waals surface area contributed by atoms with E-state index >= 15 is 0 Å². The summed E-state index contributed by atoms with van der Waals surface area (Å²) in [6.07, 6.45) is 0.608. The van der Waals surface area contributed by atoms with E-state index in [2.05, 4.69) is 5.32 Å². The Morgan fingerprint density at radius 2 is 2.29 bits per heavy atom. The third kappa shape index (κ3) is 10.7. The molecular formula is C4H9ClN2. The molecule has 0 aliphatic rings. The quantitative estimate of drug-likeness (QED) is 0.540. The summed E-state index contributed by atoms with van der Waals surface area (Å²) in [5.74, 6) is 0. The summed E-state index contributed by atoms with van der Waals surface area (Å²) in [5, 5.41) is 10.8. The molecule has 7 heavy (non-hydrogen) atoms. The largest absolute Gasteiger partial charge is 0.319 e. The van der Waals surface area contributed by atoms with Crippen LogP contribution in [0.3, 0.4) is 0 Å². The second kappa shape index (κ2) is 9.22. The van der Waals surface area contributed by atoms with Crippen molar-refractivity contribution in [1.82, 2.24) is 5.32 Å². The molecule has 0 amide bonds. The van der Waals surface area contributed by atoms with Crippen LogP contribution in [0.4, 0.5) is 0 Å². The Kier molecular flexibility index (Phi) is 13.0. The highest BCUT2D eigenvalue weighted by Crippen LogP contribution is 1.63. The average Bonchev–Trinajstić information content (AvgIpc) is 1.61. The van der Waals surface area contributed by atoms with Crippen molar-refractivity contribution in [1.29, 1.82) is 5.26 Å². The van der Waals surface area contributed by atoms with E-state index in [1.54, 1.807) is 0 Å². The Morgan fingerprint density at radius 3 is 2.43 bits per heavy atom. The van der Waals surface area contributed by atoms with Crippen LogP contribution in [0.25, 0.3) is 0 Å². The van der Waals surface area contributed by atoms with Gasteiger partial charge < -0.3 is 5.32 Å². The summed E-state index contributed by atoms with van der Waals surface area (Å²) in [6.45, 7) is 0.802. The summed E-state index contributed by atoms with van der Waals surface area (Å²) in [5.41, 5.74) is 0. The maximum Gasteiger partial charge on any atom is 0.0635 e. The fourth-order valence-electron chi connectivity index (χ4n) is 0.181. The van der Waals surface area contributed by atoms with Gasteiger partial charge in [0.25, 0.3) is 0 Å². The highest BCUT2D eigenvalue weighted by atomic mass is 35.5. The highest BCUT2D eigenvalue weighted by Gasteiger charge is 1.71. The van der Waals surface area contributed by atoms with E-state index in [1.165, 1.54) is 0 Å². The molecule has 3 heteroatoms. The van der Waals surface area contributed by atoms with Gasteiger partial charge in [-0.25, -0.2) is 0 Å². The summed E-state index contributed by atoms with van der Waals surface area (Å²) in [7, 11) is 1.83. The first-order valence-corrected chi connectivity index (χ1v) is 1.93. The maximum absolute atomic E-state index is 7.91. The molecule has 0 bridgehead atoms. The standard InChI is InChI=1S/C4H8N2.ClH/c1-6-4-2-3-5;/h6H,2,4H2,1H3;1H. The minimum Gasteiger partial charge on any atom is -0.319 e. The van der Waals surface area contributed by atoms with E-state index in [0.717, 1.165) is 6.54 Å². The molecule has 0 atom stereocenters. The lowest BCUT2D eigenvalue weighted by atomic mass is 10.5. The SMILES string of the molecule is CNCCC#N.Cl. The fourth-order valence-corrected chi connectivity index (χ4v) is 0.181. The molecule has 42 valence electrons. The first-order chi connectivity index (χ1) is 2.91. The van der Waals surface area contributed by atoms with Crippen molar-refractivity contribution >= 4 is 12.4 Å². The zero-order valence-corrected chi connectivity index (χ0v) is 5.09. The van der Waals surface area contributed by atoms with Crippen molar-refractivity contribution in [2.75, 3.05) is 13.6 Å². The third-order valence-corrected chi connectivity index (χ3v) is 0.487. The van der Waals surface area contributed by atoms with Crippen LogP contribution >= 0.6 is 12.4 Å². The predicted molar refractivity (Wildman–Crippen MR) is 31.4 cm³/mol. The zero-order chi connectivity index (χ0) is 4.83. The number of halogens is 1. The van der Waals surface area contributed by atoms with Crippen molar-refractivity contribution < 1.29 is 0 Å². The molecular weight excluding hydrogens is 112 g/mol. The maximum atomic E-state index is 7.91. The Labute approximate surface area is 49.9 Å². The first kappa shape index (κ1) is 9.88. The topological polar surface area (TPSA) is 35.8 Å². The molecule has 0 unspecified atom stereocenters. The second-order valence-electron chi connectivity index (χ2n) is 1.01. The van der Waals surface area contributed by atoms with Gasteiger partial charge in [-0.05, 0) is 7.05 Å². The van der Waals surface area contributed by atoms with Gasteiger partial charge in [-0.2, -0.15) is 5.26 Å².